The molecule has 0 aliphatic carbocycles. The van der Waals surface area contributed by atoms with Gasteiger partial charge in [0.05, 0.1) is 11.4 Å². The Hall–Kier alpha value is -2.31. The lowest BCUT2D eigenvalue weighted by molar-refractivity contribution is 0.464. The molecule has 0 radical (unpaired) electrons. The SMILES string of the molecule is CC(C)(C)c1cc(OS(=O)(=O)Cc2ccccc2)n(-c2ccc(Cl)cc2)n1. The summed E-state index contributed by atoms with van der Waals surface area (Å²) < 4.78 is 32.1. The number of benzene rings is 2. The van der Waals surface area contributed by atoms with Gasteiger partial charge in [-0.3, -0.25) is 0 Å². The van der Waals surface area contributed by atoms with Crippen LogP contribution < -0.4 is 4.18 Å². The van der Waals surface area contributed by atoms with Crippen LogP contribution in [-0.4, -0.2) is 18.2 Å². The fourth-order valence-electron chi connectivity index (χ4n) is 2.50. The number of hydrogen-bond donors (Lipinski definition) is 0. The van der Waals surface area contributed by atoms with Gasteiger partial charge >= 0.3 is 10.1 Å². The molecule has 5 nitrogen and oxygen atoms in total. The Labute approximate surface area is 164 Å². The molecular weight excluding hydrogens is 384 g/mol. The third-order valence-corrected chi connectivity index (χ3v) is 5.28. The zero-order valence-electron chi connectivity index (χ0n) is 15.4. The molecular formula is C20H21ClN2O3S. The van der Waals surface area contributed by atoms with E-state index in [0.717, 1.165) is 5.69 Å². The Morgan fingerprint density at radius 1 is 1.04 bits per heavy atom. The molecule has 0 saturated heterocycles. The second-order valence-corrected chi connectivity index (χ2v) is 9.28. The normalized spacial score (nSPS) is 12.1. The van der Waals surface area contributed by atoms with Gasteiger partial charge in [0.15, 0.2) is 0 Å². The first-order valence-corrected chi connectivity index (χ1v) is 10.4. The van der Waals surface area contributed by atoms with Crippen molar-refractivity contribution in [2.24, 2.45) is 0 Å². The van der Waals surface area contributed by atoms with Crippen LogP contribution in [0.2, 0.25) is 5.02 Å². The minimum absolute atomic E-state index is 0.151. The summed E-state index contributed by atoms with van der Waals surface area (Å²) in [5.41, 5.74) is 1.78. The zero-order chi connectivity index (χ0) is 19.7. The highest BCUT2D eigenvalue weighted by Gasteiger charge is 2.24. The van der Waals surface area contributed by atoms with Crippen LogP contribution in [0.1, 0.15) is 32.0 Å². The van der Waals surface area contributed by atoms with Crippen LogP contribution in [0.4, 0.5) is 0 Å². The maximum absolute atomic E-state index is 12.6. The Morgan fingerprint density at radius 2 is 1.67 bits per heavy atom. The van der Waals surface area contributed by atoms with Crippen LogP contribution in [-0.2, 0) is 21.3 Å². The van der Waals surface area contributed by atoms with E-state index in [1.807, 2.05) is 26.8 Å². The second-order valence-electron chi connectivity index (χ2n) is 7.28. The van der Waals surface area contributed by atoms with E-state index in [4.69, 9.17) is 15.8 Å². The lowest BCUT2D eigenvalue weighted by atomic mass is 9.93. The standard InChI is InChI=1S/C20H21ClN2O3S/c1-20(2,3)18-13-19(23(22-18)17-11-9-16(21)10-12-17)26-27(24,25)14-15-7-5-4-6-8-15/h4-13H,14H2,1-3H3. The first kappa shape index (κ1) is 19.5. The summed E-state index contributed by atoms with van der Waals surface area (Å²) in [7, 11) is -3.85. The lowest BCUT2D eigenvalue weighted by Gasteiger charge is -2.13. The van der Waals surface area contributed by atoms with Gasteiger partial charge in [-0.15, -0.1) is 0 Å². The van der Waals surface area contributed by atoms with Crippen LogP contribution in [0, 0.1) is 0 Å². The van der Waals surface area contributed by atoms with Gasteiger partial charge in [-0.1, -0.05) is 62.7 Å². The van der Waals surface area contributed by atoms with Gasteiger partial charge in [0.1, 0.15) is 5.75 Å². The van der Waals surface area contributed by atoms with Crippen molar-refractivity contribution in [3.05, 3.63) is 76.9 Å². The number of aromatic nitrogens is 2. The average Bonchev–Trinajstić information content (AvgIpc) is 2.99. The zero-order valence-corrected chi connectivity index (χ0v) is 17.0. The van der Waals surface area contributed by atoms with Crippen molar-refractivity contribution in [3.8, 4) is 11.6 Å². The maximum Gasteiger partial charge on any atom is 0.314 e. The molecule has 2 aromatic carbocycles. The number of halogens is 1. The van der Waals surface area contributed by atoms with Crippen molar-refractivity contribution in [2.75, 3.05) is 0 Å². The van der Waals surface area contributed by atoms with Gasteiger partial charge in [0.25, 0.3) is 0 Å². The van der Waals surface area contributed by atoms with E-state index in [0.29, 0.717) is 16.3 Å². The molecule has 1 aromatic heterocycles. The minimum atomic E-state index is -3.85. The van der Waals surface area contributed by atoms with E-state index >= 15 is 0 Å². The minimum Gasteiger partial charge on any atom is -0.361 e. The second kappa shape index (κ2) is 7.37. The Kier molecular flexibility index (Phi) is 5.31. The van der Waals surface area contributed by atoms with Gasteiger partial charge in [-0.05, 0) is 29.8 Å². The number of nitrogens with zero attached hydrogens (tertiary/aromatic N) is 2. The van der Waals surface area contributed by atoms with Crippen molar-refractivity contribution in [1.29, 1.82) is 0 Å². The first-order valence-electron chi connectivity index (χ1n) is 8.47. The van der Waals surface area contributed by atoms with Gasteiger partial charge in [-0.2, -0.15) is 18.2 Å². The average molecular weight is 405 g/mol. The Morgan fingerprint density at radius 3 is 2.26 bits per heavy atom. The van der Waals surface area contributed by atoms with Crippen LogP contribution in [0.5, 0.6) is 5.88 Å². The monoisotopic (exact) mass is 404 g/mol. The molecule has 7 heteroatoms. The molecule has 0 N–H and O–H groups in total. The highest BCUT2D eigenvalue weighted by Crippen LogP contribution is 2.29. The quantitative estimate of drug-likeness (QED) is 0.576. The lowest BCUT2D eigenvalue weighted by Crippen LogP contribution is -2.14. The van der Waals surface area contributed by atoms with Crippen LogP contribution in [0.15, 0.2) is 60.7 Å². The van der Waals surface area contributed by atoms with E-state index in [1.165, 1.54) is 4.68 Å². The highest BCUT2D eigenvalue weighted by molar-refractivity contribution is 7.86. The van der Waals surface area contributed by atoms with Crippen LogP contribution in [0.3, 0.4) is 0 Å². The smallest absolute Gasteiger partial charge is 0.314 e. The largest absolute Gasteiger partial charge is 0.361 e. The summed E-state index contributed by atoms with van der Waals surface area (Å²) in [6.45, 7) is 6.01. The van der Waals surface area contributed by atoms with E-state index < -0.39 is 10.1 Å². The van der Waals surface area contributed by atoms with E-state index in [9.17, 15) is 8.42 Å². The maximum atomic E-state index is 12.6. The molecule has 0 aliphatic rings. The third-order valence-electron chi connectivity index (χ3n) is 3.91. The van der Waals surface area contributed by atoms with Crippen molar-refractivity contribution < 1.29 is 12.6 Å². The molecule has 142 valence electrons. The summed E-state index contributed by atoms with van der Waals surface area (Å²) >= 11 is 5.96. The van der Waals surface area contributed by atoms with Crippen LogP contribution >= 0.6 is 11.6 Å². The van der Waals surface area contributed by atoms with E-state index in [2.05, 4.69) is 5.10 Å². The Balaban J connectivity index is 1.98. The first-order chi connectivity index (χ1) is 12.6. The summed E-state index contributed by atoms with van der Waals surface area (Å²) in [5.74, 6) is -0.0667. The summed E-state index contributed by atoms with van der Waals surface area (Å²) in [6, 6.07) is 17.5. The highest BCUT2D eigenvalue weighted by atomic mass is 35.5. The fraction of sp³-hybridized carbons (Fsp3) is 0.250. The van der Waals surface area contributed by atoms with Crippen molar-refractivity contribution in [3.63, 3.8) is 0 Å². The molecule has 0 bridgehead atoms. The van der Waals surface area contributed by atoms with Gasteiger partial charge < -0.3 is 4.18 Å². The van der Waals surface area contributed by atoms with Crippen LogP contribution in [0.25, 0.3) is 5.69 Å². The molecule has 3 rings (SSSR count). The van der Waals surface area contributed by atoms with Gasteiger partial charge in [-0.25, -0.2) is 0 Å². The number of rotatable bonds is 5. The van der Waals surface area contributed by atoms with Crippen molar-refractivity contribution in [1.82, 2.24) is 9.78 Å². The van der Waals surface area contributed by atoms with Crippen molar-refractivity contribution >= 4 is 21.7 Å². The topological polar surface area (TPSA) is 61.2 Å². The van der Waals surface area contributed by atoms with Crippen molar-refractivity contribution in [2.45, 2.75) is 31.9 Å². The molecule has 27 heavy (non-hydrogen) atoms. The molecule has 3 aromatic rings. The predicted molar refractivity (Wildman–Crippen MR) is 107 cm³/mol. The molecule has 0 aliphatic heterocycles. The molecule has 0 fully saturated rings. The number of hydrogen-bond acceptors (Lipinski definition) is 4. The summed E-state index contributed by atoms with van der Waals surface area (Å²) in [5, 5.41) is 5.14. The predicted octanol–water partition coefficient (Wildman–Crippen LogP) is 4.73. The van der Waals surface area contributed by atoms with E-state index in [-0.39, 0.29) is 17.0 Å². The van der Waals surface area contributed by atoms with Gasteiger partial charge in [0, 0.05) is 16.5 Å². The molecule has 0 atom stereocenters. The fourth-order valence-corrected chi connectivity index (χ4v) is 3.66. The third kappa shape index (κ3) is 4.90. The Bertz CT molecular complexity index is 1020. The molecule has 1 heterocycles. The molecule has 0 spiro atoms. The van der Waals surface area contributed by atoms with Gasteiger partial charge in [0.2, 0.25) is 5.88 Å². The summed E-state index contributed by atoms with van der Waals surface area (Å²) in [4.78, 5) is 0. The molecule has 0 unspecified atom stereocenters. The molecule has 0 amide bonds. The van der Waals surface area contributed by atoms with E-state index in [1.54, 1.807) is 54.6 Å². The molecule has 0 saturated carbocycles. The summed E-state index contributed by atoms with van der Waals surface area (Å²) in [6.07, 6.45) is 0.